The third-order valence-corrected chi connectivity index (χ3v) is 1.95. The molecule has 2 aromatic rings. The van der Waals surface area contributed by atoms with E-state index in [4.69, 9.17) is 10.3 Å². The lowest BCUT2D eigenvalue weighted by molar-refractivity contribution is 0.362. The highest BCUT2D eigenvalue weighted by Crippen LogP contribution is 2.19. The number of rotatable bonds is 2. The Bertz CT molecular complexity index is 490. The van der Waals surface area contributed by atoms with Crippen LogP contribution in [-0.2, 0) is 0 Å². The van der Waals surface area contributed by atoms with Gasteiger partial charge in [0.05, 0.1) is 6.04 Å². The number of hydrogen-bond donors (Lipinski definition) is 1. The molecule has 0 amide bonds. The van der Waals surface area contributed by atoms with Crippen LogP contribution in [0.25, 0.3) is 11.4 Å². The number of halogens is 2. The fraction of sp³-hybridized carbons (Fsp3) is 0.200. The minimum absolute atomic E-state index is 0.116. The lowest BCUT2D eigenvalue weighted by atomic mass is 10.2. The van der Waals surface area contributed by atoms with E-state index in [1.807, 2.05) is 0 Å². The zero-order valence-electron chi connectivity index (χ0n) is 8.45. The molecule has 1 heterocycles. The van der Waals surface area contributed by atoms with Crippen LogP contribution in [0.15, 0.2) is 22.7 Å². The Balaban J connectivity index is 2.42. The Morgan fingerprint density at radius 3 is 2.38 bits per heavy atom. The monoisotopic (exact) mass is 225 g/mol. The highest BCUT2D eigenvalue weighted by atomic mass is 19.1. The second-order valence-corrected chi connectivity index (χ2v) is 3.40. The maximum Gasteiger partial charge on any atom is 0.243 e. The van der Waals surface area contributed by atoms with Crippen molar-refractivity contribution in [1.29, 1.82) is 0 Å². The van der Waals surface area contributed by atoms with Crippen LogP contribution in [0, 0.1) is 11.6 Å². The number of benzene rings is 1. The molecule has 84 valence electrons. The molecule has 0 fully saturated rings. The minimum Gasteiger partial charge on any atom is -0.337 e. The van der Waals surface area contributed by atoms with Crippen LogP contribution in [0.4, 0.5) is 8.78 Å². The van der Waals surface area contributed by atoms with Crippen molar-refractivity contribution < 1.29 is 13.3 Å². The number of nitrogens with two attached hydrogens (primary N) is 1. The molecule has 0 aliphatic heterocycles. The first kappa shape index (κ1) is 10.7. The Morgan fingerprint density at radius 2 is 1.88 bits per heavy atom. The summed E-state index contributed by atoms with van der Waals surface area (Å²) >= 11 is 0. The van der Waals surface area contributed by atoms with Crippen molar-refractivity contribution >= 4 is 0 Å². The van der Waals surface area contributed by atoms with Crippen LogP contribution in [0.1, 0.15) is 18.9 Å². The van der Waals surface area contributed by atoms with Gasteiger partial charge in [-0.2, -0.15) is 4.98 Å². The Morgan fingerprint density at radius 1 is 1.25 bits per heavy atom. The van der Waals surface area contributed by atoms with Crippen molar-refractivity contribution in [3.63, 3.8) is 0 Å². The molecule has 1 unspecified atom stereocenters. The van der Waals surface area contributed by atoms with E-state index in [9.17, 15) is 8.78 Å². The van der Waals surface area contributed by atoms with Crippen molar-refractivity contribution in [2.45, 2.75) is 13.0 Å². The fourth-order valence-corrected chi connectivity index (χ4v) is 1.22. The zero-order valence-corrected chi connectivity index (χ0v) is 8.45. The van der Waals surface area contributed by atoms with Gasteiger partial charge in [0.25, 0.3) is 0 Å². The molecule has 2 N–H and O–H groups in total. The van der Waals surface area contributed by atoms with Gasteiger partial charge in [0, 0.05) is 11.6 Å². The lowest BCUT2D eigenvalue weighted by Gasteiger charge is -1.96. The number of nitrogens with zero attached hydrogens (tertiary/aromatic N) is 2. The normalized spacial score (nSPS) is 12.8. The van der Waals surface area contributed by atoms with Gasteiger partial charge in [0.2, 0.25) is 11.7 Å². The van der Waals surface area contributed by atoms with Gasteiger partial charge in [0.15, 0.2) is 0 Å². The Labute approximate surface area is 90.1 Å². The van der Waals surface area contributed by atoms with Crippen LogP contribution in [0.5, 0.6) is 0 Å². The topological polar surface area (TPSA) is 64.9 Å². The molecular weight excluding hydrogens is 216 g/mol. The molecular formula is C10H9F2N3O. The van der Waals surface area contributed by atoms with Crippen molar-refractivity contribution in [2.24, 2.45) is 5.73 Å². The maximum atomic E-state index is 12.9. The standard InChI is InChI=1S/C10H9F2N3O/c1-5(13)10-14-9(15-16-10)6-2-7(11)4-8(12)3-6/h2-5H,13H2,1H3. The number of aromatic nitrogens is 2. The van der Waals surface area contributed by atoms with Crippen LogP contribution in [0.2, 0.25) is 0 Å². The molecule has 4 nitrogen and oxygen atoms in total. The second kappa shape index (κ2) is 3.97. The summed E-state index contributed by atoms with van der Waals surface area (Å²) < 4.78 is 30.7. The van der Waals surface area contributed by atoms with Crippen molar-refractivity contribution in [3.05, 3.63) is 35.7 Å². The van der Waals surface area contributed by atoms with Crippen molar-refractivity contribution in [3.8, 4) is 11.4 Å². The first-order chi connectivity index (χ1) is 7.56. The quantitative estimate of drug-likeness (QED) is 0.849. The SMILES string of the molecule is CC(N)c1nc(-c2cc(F)cc(F)c2)no1. The van der Waals surface area contributed by atoms with Crippen LogP contribution >= 0.6 is 0 Å². The molecule has 1 atom stereocenters. The summed E-state index contributed by atoms with van der Waals surface area (Å²) in [5, 5.41) is 3.59. The molecule has 1 aromatic heterocycles. The van der Waals surface area contributed by atoms with Gasteiger partial charge in [-0.25, -0.2) is 8.78 Å². The molecule has 0 spiro atoms. The van der Waals surface area contributed by atoms with Gasteiger partial charge in [0.1, 0.15) is 11.6 Å². The predicted octanol–water partition coefficient (Wildman–Crippen LogP) is 2.03. The van der Waals surface area contributed by atoms with Gasteiger partial charge < -0.3 is 10.3 Å². The third kappa shape index (κ3) is 2.06. The summed E-state index contributed by atoms with van der Waals surface area (Å²) in [7, 11) is 0. The van der Waals surface area contributed by atoms with E-state index in [2.05, 4.69) is 10.1 Å². The van der Waals surface area contributed by atoms with E-state index in [0.717, 1.165) is 18.2 Å². The largest absolute Gasteiger partial charge is 0.337 e. The average Bonchev–Trinajstić information content (AvgIpc) is 2.64. The molecule has 6 heteroatoms. The first-order valence-corrected chi connectivity index (χ1v) is 4.62. The maximum absolute atomic E-state index is 12.9. The predicted molar refractivity (Wildman–Crippen MR) is 52.3 cm³/mol. The van der Waals surface area contributed by atoms with E-state index in [1.54, 1.807) is 6.92 Å². The molecule has 0 radical (unpaired) electrons. The van der Waals surface area contributed by atoms with Gasteiger partial charge in [-0.1, -0.05) is 5.16 Å². The highest BCUT2D eigenvalue weighted by Gasteiger charge is 2.13. The number of hydrogen-bond acceptors (Lipinski definition) is 4. The summed E-state index contributed by atoms with van der Waals surface area (Å²) in [6.45, 7) is 1.67. The second-order valence-electron chi connectivity index (χ2n) is 3.40. The van der Waals surface area contributed by atoms with E-state index >= 15 is 0 Å². The summed E-state index contributed by atoms with van der Waals surface area (Å²) in [6, 6.07) is 2.60. The Kier molecular flexibility index (Phi) is 2.66. The van der Waals surface area contributed by atoms with Gasteiger partial charge in [-0.05, 0) is 19.1 Å². The molecule has 2 rings (SSSR count). The van der Waals surface area contributed by atoms with Crippen molar-refractivity contribution in [1.82, 2.24) is 10.1 Å². The summed E-state index contributed by atoms with van der Waals surface area (Å²) in [4.78, 5) is 3.93. The van der Waals surface area contributed by atoms with Gasteiger partial charge >= 0.3 is 0 Å². The van der Waals surface area contributed by atoms with E-state index in [1.165, 1.54) is 0 Å². The van der Waals surface area contributed by atoms with E-state index in [0.29, 0.717) is 0 Å². The summed E-state index contributed by atoms with van der Waals surface area (Å²) in [6.07, 6.45) is 0. The molecule has 0 bridgehead atoms. The van der Waals surface area contributed by atoms with Crippen LogP contribution in [-0.4, -0.2) is 10.1 Å². The van der Waals surface area contributed by atoms with Gasteiger partial charge in [-0.15, -0.1) is 0 Å². The first-order valence-electron chi connectivity index (χ1n) is 4.62. The minimum atomic E-state index is -0.692. The summed E-state index contributed by atoms with van der Waals surface area (Å²) in [5.74, 6) is -1.05. The average molecular weight is 225 g/mol. The molecule has 0 saturated carbocycles. The molecule has 0 aliphatic carbocycles. The van der Waals surface area contributed by atoms with Crippen molar-refractivity contribution in [2.75, 3.05) is 0 Å². The fourth-order valence-electron chi connectivity index (χ4n) is 1.22. The van der Waals surface area contributed by atoms with Crippen LogP contribution < -0.4 is 5.73 Å². The van der Waals surface area contributed by atoms with Gasteiger partial charge in [-0.3, -0.25) is 0 Å². The molecule has 1 aromatic carbocycles. The highest BCUT2D eigenvalue weighted by molar-refractivity contribution is 5.54. The Hall–Kier alpha value is -1.82. The van der Waals surface area contributed by atoms with E-state index < -0.39 is 17.7 Å². The molecule has 16 heavy (non-hydrogen) atoms. The molecule has 0 aliphatic rings. The lowest BCUT2D eigenvalue weighted by Crippen LogP contribution is -2.04. The van der Waals surface area contributed by atoms with Crippen LogP contribution in [0.3, 0.4) is 0 Å². The smallest absolute Gasteiger partial charge is 0.243 e. The van der Waals surface area contributed by atoms with E-state index in [-0.39, 0.29) is 17.3 Å². The zero-order chi connectivity index (χ0) is 11.7. The molecule has 0 saturated heterocycles. The summed E-state index contributed by atoms with van der Waals surface area (Å²) in [5.41, 5.74) is 5.74. The third-order valence-electron chi connectivity index (χ3n) is 1.95.